The molecule has 3 nitrogen and oxygen atoms in total. The van der Waals surface area contributed by atoms with Crippen molar-refractivity contribution in [3.05, 3.63) is 35.9 Å². The average molecular weight is 259 g/mol. The summed E-state index contributed by atoms with van der Waals surface area (Å²) in [4.78, 5) is 16.9. The fourth-order valence-corrected chi connectivity index (χ4v) is 2.89. The zero-order valence-electron chi connectivity index (χ0n) is 12.0. The van der Waals surface area contributed by atoms with E-state index in [4.69, 9.17) is 9.73 Å². The van der Waals surface area contributed by atoms with E-state index < -0.39 is 0 Å². The number of rotatable bonds is 3. The van der Waals surface area contributed by atoms with E-state index in [2.05, 4.69) is 20.8 Å². The lowest BCUT2D eigenvalue weighted by Crippen LogP contribution is -2.28. The summed E-state index contributed by atoms with van der Waals surface area (Å²) in [5, 5.41) is 0. The molecule has 0 saturated heterocycles. The van der Waals surface area contributed by atoms with Crippen molar-refractivity contribution in [2.45, 2.75) is 26.8 Å². The third-order valence-electron chi connectivity index (χ3n) is 3.84. The van der Waals surface area contributed by atoms with Gasteiger partial charge in [-0.05, 0) is 11.5 Å². The molecule has 19 heavy (non-hydrogen) atoms. The quantitative estimate of drug-likeness (QED) is 0.781. The second kappa shape index (κ2) is 5.55. The van der Waals surface area contributed by atoms with Gasteiger partial charge in [0, 0.05) is 11.6 Å². The van der Waals surface area contributed by atoms with Crippen molar-refractivity contribution in [1.29, 1.82) is 0 Å². The Morgan fingerprint density at radius 1 is 1.26 bits per heavy atom. The van der Waals surface area contributed by atoms with Gasteiger partial charge in [-0.15, -0.1) is 0 Å². The number of carbonyl (C=O) groups excluding carboxylic acids is 1. The SMILES string of the molecule is COC(=O)[C@H]1[C@@H](c2ccccc2)N=C(C(C)C)[C@@H]1C. The van der Waals surface area contributed by atoms with Crippen molar-refractivity contribution in [2.75, 3.05) is 7.11 Å². The highest BCUT2D eigenvalue weighted by atomic mass is 16.5. The summed E-state index contributed by atoms with van der Waals surface area (Å²) in [5.74, 6) is 0.124. The molecule has 0 bridgehead atoms. The number of hydrogen-bond donors (Lipinski definition) is 0. The van der Waals surface area contributed by atoms with Gasteiger partial charge in [-0.3, -0.25) is 9.79 Å². The van der Waals surface area contributed by atoms with E-state index in [1.165, 1.54) is 7.11 Å². The zero-order chi connectivity index (χ0) is 14.0. The van der Waals surface area contributed by atoms with E-state index in [9.17, 15) is 4.79 Å². The lowest BCUT2D eigenvalue weighted by Gasteiger charge is -2.20. The number of aliphatic imine (C=N–C) groups is 1. The number of ether oxygens (including phenoxy) is 1. The summed E-state index contributed by atoms with van der Waals surface area (Å²) in [5.41, 5.74) is 2.20. The fraction of sp³-hybridized carbons (Fsp3) is 0.500. The van der Waals surface area contributed by atoms with Crippen LogP contribution in [0.25, 0.3) is 0 Å². The highest BCUT2D eigenvalue weighted by molar-refractivity contribution is 5.95. The van der Waals surface area contributed by atoms with Crippen LogP contribution >= 0.6 is 0 Å². The van der Waals surface area contributed by atoms with Gasteiger partial charge >= 0.3 is 5.97 Å². The van der Waals surface area contributed by atoms with E-state index in [1.54, 1.807) is 0 Å². The van der Waals surface area contributed by atoms with Gasteiger partial charge in [-0.25, -0.2) is 0 Å². The van der Waals surface area contributed by atoms with Crippen molar-refractivity contribution in [3.8, 4) is 0 Å². The van der Waals surface area contributed by atoms with Gasteiger partial charge in [0.25, 0.3) is 0 Å². The summed E-state index contributed by atoms with van der Waals surface area (Å²) in [6.45, 7) is 6.32. The fourth-order valence-electron chi connectivity index (χ4n) is 2.89. The van der Waals surface area contributed by atoms with Crippen molar-refractivity contribution in [3.63, 3.8) is 0 Å². The minimum absolute atomic E-state index is 0.110. The second-order valence-electron chi connectivity index (χ2n) is 5.40. The van der Waals surface area contributed by atoms with E-state index >= 15 is 0 Å². The van der Waals surface area contributed by atoms with E-state index in [0.29, 0.717) is 5.92 Å². The Bertz CT molecular complexity index is 479. The number of hydrogen-bond acceptors (Lipinski definition) is 3. The van der Waals surface area contributed by atoms with Gasteiger partial charge in [-0.2, -0.15) is 0 Å². The molecule has 2 rings (SSSR count). The van der Waals surface area contributed by atoms with Gasteiger partial charge < -0.3 is 4.74 Å². The van der Waals surface area contributed by atoms with Crippen LogP contribution in [0.4, 0.5) is 0 Å². The predicted molar refractivity (Wildman–Crippen MR) is 76.1 cm³/mol. The molecule has 0 N–H and O–H groups in total. The molecule has 0 fully saturated rings. The molecule has 1 aromatic carbocycles. The van der Waals surface area contributed by atoms with Gasteiger partial charge in [0.2, 0.25) is 0 Å². The van der Waals surface area contributed by atoms with Gasteiger partial charge in [-0.1, -0.05) is 51.1 Å². The van der Waals surface area contributed by atoms with Crippen molar-refractivity contribution in [1.82, 2.24) is 0 Å². The zero-order valence-corrected chi connectivity index (χ0v) is 12.0. The first-order valence-corrected chi connectivity index (χ1v) is 6.76. The van der Waals surface area contributed by atoms with Crippen LogP contribution in [0, 0.1) is 17.8 Å². The molecule has 3 heteroatoms. The van der Waals surface area contributed by atoms with Crippen molar-refractivity contribution < 1.29 is 9.53 Å². The predicted octanol–water partition coefficient (Wildman–Crippen LogP) is 3.26. The lowest BCUT2D eigenvalue weighted by atomic mass is 9.83. The molecule has 0 saturated carbocycles. The smallest absolute Gasteiger partial charge is 0.311 e. The topological polar surface area (TPSA) is 38.7 Å². The molecule has 0 spiro atoms. The molecule has 0 aromatic heterocycles. The van der Waals surface area contributed by atoms with Crippen molar-refractivity contribution >= 4 is 11.7 Å². The molecule has 0 aliphatic carbocycles. The highest BCUT2D eigenvalue weighted by Gasteiger charge is 2.42. The standard InChI is InChI=1S/C16H21NO2/c1-10(2)14-11(3)13(16(18)19-4)15(17-14)12-8-6-5-7-9-12/h5-11,13,15H,1-4H3/t11-,13-,15-/m1/s1. The first-order valence-electron chi connectivity index (χ1n) is 6.76. The summed E-state index contributed by atoms with van der Waals surface area (Å²) >= 11 is 0. The summed E-state index contributed by atoms with van der Waals surface area (Å²) in [6.07, 6.45) is 0. The van der Waals surface area contributed by atoms with Gasteiger partial charge in [0.05, 0.1) is 19.1 Å². The molecule has 1 aliphatic rings. The maximum absolute atomic E-state index is 12.1. The number of esters is 1. The molecule has 102 valence electrons. The molecule has 1 aliphatic heterocycles. The third kappa shape index (κ3) is 2.55. The maximum Gasteiger partial charge on any atom is 0.311 e. The second-order valence-corrected chi connectivity index (χ2v) is 5.40. The Labute approximate surface area is 114 Å². The molecule has 0 unspecified atom stereocenters. The van der Waals surface area contributed by atoms with Crippen LogP contribution in [0.3, 0.4) is 0 Å². The minimum atomic E-state index is -0.204. The Morgan fingerprint density at radius 2 is 1.89 bits per heavy atom. The van der Waals surface area contributed by atoms with Crippen LogP contribution in [0.1, 0.15) is 32.4 Å². The van der Waals surface area contributed by atoms with Crippen LogP contribution in [0.5, 0.6) is 0 Å². The van der Waals surface area contributed by atoms with Gasteiger partial charge in [0.15, 0.2) is 0 Å². The Kier molecular flexibility index (Phi) is 4.03. The van der Waals surface area contributed by atoms with Crippen LogP contribution in [0.2, 0.25) is 0 Å². The van der Waals surface area contributed by atoms with Crippen molar-refractivity contribution in [2.24, 2.45) is 22.7 Å². The minimum Gasteiger partial charge on any atom is -0.469 e. The molecule has 0 radical (unpaired) electrons. The molecular weight excluding hydrogens is 238 g/mol. The number of benzene rings is 1. The van der Waals surface area contributed by atoms with Crippen LogP contribution in [-0.4, -0.2) is 18.8 Å². The molecule has 3 atom stereocenters. The highest BCUT2D eigenvalue weighted by Crippen LogP contribution is 2.40. The van der Waals surface area contributed by atoms with E-state index in [1.807, 2.05) is 30.3 Å². The van der Waals surface area contributed by atoms with E-state index in [-0.39, 0.29) is 23.8 Å². The molecular formula is C16H21NO2. The normalized spacial score (nSPS) is 26.4. The third-order valence-corrected chi connectivity index (χ3v) is 3.84. The first-order chi connectivity index (χ1) is 9.06. The van der Waals surface area contributed by atoms with Crippen LogP contribution < -0.4 is 0 Å². The summed E-state index contributed by atoms with van der Waals surface area (Å²) < 4.78 is 4.97. The molecule has 0 amide bonds. The molecule has 1 heterocycles. The van der Waals surface area contributed by atoms with E-state index in [0.717, 1.165) is 11.3 Å². The number of carbonyl (C=O) groups is 1. The Balaban J connectivity index is 2.40. The largest absolute Gasteiger partial charge is 0.469 e. The van der Waals surface area contributed by atoms with Crippen LogP contribution in [0.15, 0.2) is 35.3 Å². The Morgan fingerprint density at radius 3 is 2.42 bits per heavy atom. The lowest BCUT2D eigenvalue weighted by molar-refractivity contribution is -0.146. The van der Waals surface area contributed by atoms with Crippen LogP contribution in [-0.2, 0) is 9.53 Å². The summed E-state index contributed by atoms with van der Waals surface area (Å²) in [7, 11) is 1.45. The molecule has 1 aromatic rings. The maximum atomic E-state index is 12.1. The van der Waals surface area contributed by atoms with Gasteiger partial charge in [0.1, 0.15) is 0 Å². The average Bonchev–Trinajstić information content (AvgIpc) is 2.77. The monoisotopic (exact) mass is 259 g/mol. The Hall–Kier alpha value is -1.64. The first kappa shape index (κ1) is 13.8. The number of methoxy groups -OCH3 is 1. The number of nitrogens with zero attached hydrogens (tertiary/aromatic N) is 1. The summed E-state index contributed by atoms with van der Waals surface area (Å²) in [6, 6.07) is 9.89.